The van der Waals surface area contributed by atoms with Crippen molar-refractivity contribution < 1.29 is 0 Å². The average Bonchev–Trinajstić information content (AvgIpc) is 2.86. The van der Waals surface area contributed by atoms with E-state index >= 15 is 0 Å². The first-order chi connectivity index (χ1) is 10.2. The Morgan fingerprint density at radius 3 is 2.23 bits per heavy atom. The summed E-state index contributed by atoms with van der Waals surface area (Å²) in [5.74, 6) is 0. The van der Waals surface area contributed by atoms with E-state index in [4.69, 9.17) is 0 Å². The number of hydrogen-bond donors (Lipinski definition) is 0. The molecule has 1 aliphatic heterocycles. The van der Waals surface area contributed by atoms with Crippen molar-refractivity contribution in [2.45, 2.75) is 52.4 Å². The number of hydrogen-bond acceptors (Lipinski definition) is 2. The van der Waals surface area contributed by atoms with E-state index in [9.17, 15) is 0 Å². The second-order valence-corrected chi connectivity index (χ2v) is 9.97. The molecule has 2 aliphatic rings. The second-order valence-electron chi connectivity index (χ2n) is 7.63. The van der Waals surface area contributed by atoms with Crippen molar-refractivity contribution in [2.24, 2.45) is 0 Å². The van der Waals surface area contributed by atoms with Crippen molar-refractivity contribution in [2.75, 3.05) is 7.05 Å². The first-order valence-corrected chi connectivity index (χ1v) is 10.6. The minimum atomic E-state index is -0.612. The third-order valence-corrected chi connectivity index (χ3v) is 6.45. The van der Waals surface area contributed by atoms with Gasteiger partial charge in [0.15, 0.2) is 8.96 Å². The Bertz CT molecular complexity index is 664. The van der Waals surface area contributed by atoms with Crippen LogP contribution >= 0.6 is 0 Å². The van der Waals surface area contributed by atoms with Crippen LogP contribution in [0.1, 0.15) is 38.8 Å². The van der Waals surface area contributed by atoms with Gasteiger partial charge in [0, 0.05) is 29.8 Å². The van der Waals surface area contributed by atoms with Gasteiger partial charge in [-0.25, -0.2) is 0 Å². The van der Waals surface area contributed by atoms with E-state index < -0.39 is 8.96 Å². The normalized spacial score (nSPS) is 20.5. The molecule has 22 heavy (non-hydrogen) atoms. The van der Waals surface area contributed by atoms with E-state index in [1.165, 1.54) is 28.1 Å². The molecule has 3 rings (SSSR count). The summed E-state index contributed by atoms with van der Waals surface area (Å²) in [4.78, 5) is 2.44. The van der Waals surface area contributed by atoms with Gasteiger partial charge in [0.1, 0.15) is 0 Å². The standard InChI is InChI=1S/C19H27N2Si/c1-13-12-16-14-10-8-9-11-15(14)18(17(16)20(13)5)21(22(6)7)19(2,3)4/h8-13H,1-7H3. The Balaban J connectivity index is 2.28. The fraction of sp³-hybridized carbons (Fsp3) is 0.474. The first kappa shape index (κ1) is 15.4. The van der Waals surface area contributed by atoms with Crippen molar-refractivity contribution in [3.05, 3.63) is 47.2 Å². The molecule has 0 aromatic heterocycles. The molecule has 1 radical (unpaired) electrons. The zero-order valence-corrected chi connectivity index (χ0v) is 15.9. The van der Waals surface area contributed by atoms with Gasteiger partial charge < -0.3 is 9.47 Å². The summed E-state index contributed by atoms with van der Waals surface area (Å²) < 4.78 is 2.68. The molecular formula is C19H27N2Si. The molecule has 0 bridgehead atoms. The minimum Gasteiger partial charge on any atom is -0.391 e. The smallest absolute Gasteiger partial charge is 0.163 e. The Morgan fingerprint density at radius 2 is 1.68 bits per heavy atom. The SMILES string of the molecule is CC1C=C2C(=C(N([Si](C)C)C(C)(C)C)c3ccccc32)N1C. The van der Waals surface area contributed by atoms with Crippen molar-refractivity contribution in [3.63, 3.8) is 0 Å². The van der Waals surface area contributed by atoms with Crippen molar-refractivity contribution in [1.82, 2.24) is 9.47 Å². The molecule has 1 aromatic carbocycles. The number of fused-ring (bicyclic) bond motifs is 3. The first-order valence-electron chi connectivity index (χ1n) is 8.13. The predicted octanol–water partition coefficient (Wildman–Crippen LogP) is 4.44. The molecule has 0 fully saturated rings. The summed E-state index contributed by atoms with van der Waals surface area (Å²) in [7, 11) is 1.62. The maximum Gasteiger partial charge on any atom is 0.163 e. The van der Waals surface area contributed by atoms with Gasteiger partial charge in [-0.15, -0.1) is 0 Å². The van der Waals surface area contributed by atoms with Crippen LogP contribution in [0.2, 0.25) is 13.1 Å². The fourth-order valence-electron chi connectivity index (χ4n) is 3.85. The second kappa shape index (κ2) is 5.02. The highest BCUT2D eigenvalue weighted by atomic mass is 28.3. The van der Waals surface area contributed by atoms with Crippen LogP contribution in [-0.4, -0.2) is 37.1 Å². The monoisotopic (exact) mass is 311 g/mol. The molecule has 2 nitrogen and oxygen atoms in total. The summed E-state index contributed by atoms with van der Waals surface area (Å²) >= 11 is 0. The predicted molar refractivity (Wildman–Crippen MR) is 97.6 cm³/mol. The summed E-state index contributed by atoms with van der Waals surface area (Å²) in [6.45, 7) is 14.1. The van der Waals surface area contributed by atoms with E-state index in [-0.39, 0.29) is 5.54 Å². The largest absolute Gasteiger partial charge is 0.391 e. The number of nitrogens with zero attached hydrogens (tertiary/aromatic N) is 2. The molecule has 0 amide bonds. The zero-order chi connectivity index (χ0) is 16.2. The highest BCUT2D eigenvalue weighted by Crippen LogP contribution is 2.49. The van der Waals surface area contributed by atoms with E-state index in [1.54, 1.807) is 0 Å². The zero-order valence-electron chi connectivity index (χ0n) is 14.9. The quantitative estimate of drug-likeness (QED) is 0.745. The Labute approximate surface area is 136 Å². The highest BCUT2D eigenvalue weighted by Gasteiger charge is 2.40. The summed E-state index contributed by atoms with van der Waals surface area (Å²) in [6, 6.07) is 9.37. The molecule has 0 saturated heterocycles. The minimum absolute atomic E-state index is 0.134. The van der Waals surface area contributed by atoms with E-state index in [0.717, 1.165) is 0 Å². The summed E-state index contributed by atoms with van der Waals surface area (Å²) in [5.41, 5.74) is 7.24. The lowest BCUT2D eigenvalue weighted by molar-refractivity contribution is 0.328. The van der Waals surface area contributed by atoms with Crippen LogP contribution in [0, 0.1) is 0 Å². The molecular weight excluding hydrogens is 284 g/mol. The Kier molecular flexibility index (Phi) is 3.52. The highest BCUT2D eigenvalue weighted by molar-refractivity contribution is 6.54. The molecule has 117 valence electrons. The third-order valence-electron chi connectivity index (χ3n) is 4.66. The van der Waals surface area contributed by atoms with Gasteiger partial charge in [-0.2, -0.15) is 0 Å². The van der Waals surface area contributed by atoms with Gasteiger partial charge in [0.25, 0.3) is 0 Å². The molecule has 0 saturated carbocycles. The van der Waals surface area contributed by atoms with Gasteiger partial charge >= 0.3 is 0 Å². The number of allylic oxidation sites excluding steroid dienone is 1. The van der Waals surface area contributed by atoms with Crippen molar-refractivity contribution >= 4 is 20.2 Å². The molecule has 1 aromatic rings. The molecule has 1 aliphatic carbocycles. The van der Waals surface area contributed by atoms with Crippen LogP contribution in [0.5, 0.6) is 0 Å². The van der Waals surface area contributed by atoms with E-state index in [2.05, 4.69) is 87.6 Å². The lowest BCUT2D eigenvalue weighted by atomic mass is 10.0. The lowest BCUT2D eigenvalue weighted by Crippen LogP contribution is -2.47. The van der Waals surface area contributed by atoms with Gasteiger partial charge in [0.05, 0.1) is 11.4 Å². The van der Waals surface area contributed by atoms with Crippen LogP contribution in [-0.2, 0) is 0 Å². The third kappa shape index (κ3) is 2.14. The van der Waals surface area contributed by atoms with Crippen LogP contribution in [0.3, 0.4) is 0 Å². The summed E-state index contributed by atoms with van der Waals surface area (Å²) in [6.07, 6.45) is 2.42. The molecule has 0 N–H and O–H groups in total. The van der Waals surface area contributed by atoms with Gasteiger partial charge in [-0.1, -0.05) is 43.4 Å². The molecule has 1 atom stereocenters. The van der Waals surface area contributed by atoms with Crippen LogP contribution in [0.25, 0.3) is 11.3 Å². The van der Waals surface area contributed by atoms with Crippen LogP contribution in [0.4, 0.5) is 0 Å². The molecule has 1 unspecified atom stereocenters. The van der Waals surface area contributed by atoms with E-state index in [1.807, 2.05) is 0 Å². The van der Waals surface area contributed by atoms with Crippen LogP contribution in [0.15, 0.2) is 36.0 Å². The van der Waals surface area contributed by atoms with Crippen molar-refractivity contribution in [1.29, 1.82) is 0 Å². The topological polar surface area (TPSA) is 6.48 Å². The maximum atomic E-state index is 2.68. The number of benzene rings is 1. The summed E-state index contributed by atoms with van der Waals surface area (Å²) in [5, 5.41) is 0. The lowest BCUT2D eigenvalue weighted by Gasteiger charge is -2.43. The Hall–Kier alpha value is -1.48. The van der Waals surface area contributed by atoms with Crippen LogP contribution < -0.4 is 0 Å². The van der Waals surface area contributed by atoms with Gasteiger partial charge in [-0.3, -0.25) is 0 Å². The van der Waals surface area contributed by atoms with Crippen molar-refractivity contribution in [3.8, 4) is 0 Å². The fourth-order valence-corrected chi connectivity index (χ4v) is 5.86. The Morgan fingerprint density at radius 1 is 1.09 bits per heavy atom. The average molecular weight is 312 g/mol. The number of likely N-dealkylation sites (N-methyl/N-ethyl adjacent to an activating group) is 1. The maximum absolute atomic E-state index is 2.68. The molecule has 0 spiro atoms. The van der Waals surface area contributed by atoms with E-state index in [0.29, 0.717) is 6.04 Å². The molecule has 3 heteroatoms. The number of rotatable bonds is 2. The molecule has 1 heterocycles. The van der Waals surface area contributed by atoms with Gasteiger partial charge in [0.2, 0.25) is 0 Å². The van der Waals surface area contributed by atoms with Gasteiger partial charge in [-0.05, 0) is 33.3 Å².